The van der Waals surface area contributed by atoms with Crippen molar-refractivity contribution < 1.29 is 18.3 Å². The average molecular weight is 477 g/mol. The molecule has 0 aliphatic rings. The van der Waals surface area contributed by atoms with E-state index in [2.05, 4.69) is 20.6 Å². The minimum atomic E-state index is -4.85. The predicted molar refractivity (Wildman–Crippen MR) is 102 cm³/mol. The van der Waals surface area contributed by atoms with Crippen LogP contribution in [0.15, 0.2) is 17.4 Å². The molecule has 1 aromatic heterocycles. The second-order valence-corrected chi connectivity index (χ2v) is 6.61. The Morgan fingerprint density at radius 2 is 1.92 bits per heavy atom. The van der Waals surface area contributed by atoms with Gasteiger partial charge in [-0.25, -0.2) is 4.98 Å². The lowest BCUT2D eigenvalue weighted by molar-refractivity contribution is -0.272. The van der Waals surface area contributed by atoms with Crippen LogP contribution in [0.2, 0.25) is 0 Å². The molecule has 1 atom stereocenters. The van der Waals surface area contributed by atoms with Gasteiger partial charge in [-0.2, -0.15) is 13.2 Å². The number of imidazole rings is 1. The molecule has 0 aliphatic carbocycles. The highest BCUT2D eigenvalue weighted by molar-refractivity contribution is 14.0. The van der Waals surface area contributed by atoms with E-state index in [9.17, 15) is 18.3 Å². The Kier molecular flexibility index (Phi) is 8.68. The van der Waals surface area contributed by atoms with Crippen molar-refractivity contribution in [1.82, 2.24) is 20.2 Å². The molecule has 6 nitrogen and oxygen atoms in total. The number of halogens is 4. The van der Waals surface area contributed by atoms with E-state index in [1.807, 2.05) is 27.7 Å². The van der Waals surface area contributed by atoms with Crippen LogP contribution in [0, 0.1) is 0 Å². The molecule has 0 aliphatic heterocycles. The van der Waals surface area contributed by atoms with E-state index in [1.54, 1.807) is 0 Å². The number of alkyl halides is 3. The minimum absolute atomic E-state index is 0. The van der Waals surface area contributed by atoms with Gasteiger partial charge in [-0.1, -0.05) is 0 Å². The molecule has 0 saturated carbocycles. The summed E-state index contributed by atoms with van der Waals surface area (Å²) in [7, 11) is 1.41. The molecule has 0 fully saturated rings. The Labute approximate surface area is 163 Å². The monoisotopic (exact) mass is 477 g/mol. The van der Waals surface area contributed by atoms with Gasteiger partial charge in [-0.05, 0) is 27.7 Å². The molecule has 3 N–H and O–H groups in total. The SMILES string of the molecule is CCNC(=NCCC(O)(c1nccn1C)C(F)(F)F)NC(C)(C)C.I. The Morgan fingerprint density at radius 1 is 1.32 bits per heavy atom. The fourth-order valence-electron chi connectivity index (χ4n) is 2.14. The summed E-state index contributed by atoms with van der Waals surface area (Å²) in [5, 5.41) is 16.3. The lowest BCUT2D eigenvalue weighted by atomic mass is 9.98. The molecular formula is C15H27F3IN5O. The maximum atomic E-state index is 13.4. The quantitative estimate of drug-likeness (QED) is 0.346. The molecule has 0 aromatic carbocycles. The number of nitrogens with one attached hydrogen (secondary N) is 2. The number of aliphatic hydroxyl groups is 1. The molecule has 0 spiro atoms. The number of hydrogen-bond donors (Lipinski definition) is 3. The first kappa shape index (κ1) is 24.0. The first-order chi connectivity index (χ1) is 10.9. The number of guanidine groups is 1. The molecule has 0 saturated heterocycles. The van der Waals surface area contributed by atoms with Crippen molar-refractivity contribution in [2.45, 2.75) is 51.4 Å². The standard InChI is InChI=1S/C15H26F3N5O.HI/c1-6-19-12(22-13(2,3)4)21-8-7-14(24,15(16,17)18)11-20-9-10-23(11)5;/h9-10,24H,6-8H2,1-5H3,(H2,19,21,22);1H. The third-order valence-electron chi connectivity index (χ3n) is 3.24. The number of rotatable bonds is 5. The van der Waals surface area contributed by atoms with E-state index in [0.29, 0.717) is 12.5 Å². The lowest BCUT2D eigenvalue weighted by Crippen LogP contribution is -2.48. The van der Waals surface area contributed by atoms with Gasteiger partial charge >= 0.3 is 6.18 Å². The van der Waals surface area contributed by atoms with Crippen LogP contribution < -0.4 is 10.6 Å². The third kappa shape index (κ3) is 6.65. The van der Waals surface area contributed by atoms with Crippen molar-refractivity contribution in [2.24, 2.45) is 12.0 Å². The van der Waals surface area contributed by atoms with Crippen molar-refractivity contribution in [3.63, 3.8) is 0 Å². The van der Waals surface area contributed by atoms with Gasteiger partial charge in [0.05, 0.1) is 0 Å². The van der Waals surface area contributed by atoms with Crippen molar-refractivity contribution in [1.29, 1.82) is 0 Å². The summed E-state index contributed by atoms with van der Waals surface area (Å²) >= 11 is 0. The van der Waals surface area contributed by atoms with Gasteiger partial charge in [0.25, 0.3) is 0 Å². The molecule has 10 heteroatoms. The summed E-state index contributed by atoms with van der Waals surface area (Å²) < 4.78 is 41.4. The van der Waals surface area contributed by atoms with Crippen molar-refractivity contribution in [2.75, 3.05) is 13.1 Å². The molecule has 0 bridgehead atoms. The Balaban J connectivity index is 0.00000576. The summed E-state index contributed by atoms with van der Waals surface area (Å²) in [5.74, 6) is -0.0478. The van der Waals surface area contributed by atoms with E-state index < -0.39 is 24.0 Å². The molecule has 0 amide bonds. The zero-order valence-corrected chi connectivity index (χ0v) is 17.4. The molecule has 1 rings (SSSR count). The maximum Gasteiger partial charge on any atom is 0.424 e. The molecule has 25 heavy (non-hydrogen) atoms. The van der Waals surface area contributed by atoms with Crippen LogP contribution in [0.25, 0.3) is 0 Å². The van der Waals surface area contributed by atoms with Crippen molar-refractivity contribution in [3.05, 3.63) is 18.2 Å². The molecule has 1 heterocycles. The van der Waals surface area contributed by atoms with Crippen LogP contribution in [-0.4, -0.2) is 45.4 Å². The van der Waals surface area contributed by atoms with E-state index in [4.69, 9.17) is 0 Å². The van der Waals surface area contributed by atoms with Gasteiger partial charge in [-0.15, -0.1) is 24.0 Å². The normalized spacial score (nSPS) is 15.3. The fraction of sp³-hybridized carbons (Fsp3) is 0.733. The van der Waals surface area contributed by atoms with Crippen LogP contribution in [-0.2, 0) is 12.6 Å². The maximum absolute atomic E-state index is 13.4. The second kappa shape index (κ2) is 9.06. The summed E-state index contributed by atoms with van der Waals surface area (Å²) in [5.41, 5.74) is -3.34. The summed E-state index contributed by atoms with van der Waals surface area (Å²) in [6.45, 7) is 7.97. The first-order valence-electron chi connectivity index (χ1n) is 7.74. The van der Waals surface area contributed by atoms with Crippen LogP contribution >= 0.6 is 24.0 Å². The molecule has 146 valence electrons. The van der Waals surface area contributed by atoms with Gasteiger partial charge in [0.15, 0.2) is 5.96 Å². The van der Waals surface area contributed by atoms with Crippen LogP contribution in [0.1, 0.15) is 39.9 Å². The van der Waals surface area contributed by atoms with Crippen LogP contribution in [0.3, 0.4) is 0 Å². The Hall–Kier alpha value is -1.04. The zero-order chi connectivity index (χ0) is 18.6. The lowest BCUT2D eigenvalue weighted by Gasteiger charge is -2.29. The number of aryl methyl sites for hydroxylation is 1. The summed E-state index contributed by atoms with van der Waals surface area (Å²) in [6, 6.07) is 0. The number of aromatic nitrogens is 2. The Bertz CT molecular complexity index is 568. The molecular weight excluding hydrogens is 450 g/mol. The van der Waals surface area contributed by atoms with Gasteiger partial charge < -0.3 is 20.3 Å². The highest BCUT2D eigenvalue weighted by atomic mass is 127. The van der Waals surface area contributed by atoms with E-state index in [0.717, 1.165) is 4.57 Å². The van der Waals surface area contributed by atoms with E-state index in [-0.39, 0.29) is 36.1 Å². The van der Waals surface area contributed by atoms with Crippen LogP contribution in [0.4, 0.5) is 13.2 Å². The molecule has 1 aromatic rings. The van der Waals surface area contributed by atoms with Crippen molar-refractivity contribution >= 4 is 29.9 Å². The van der Waals surface area contributed by atoms with Gasteiger partial charge in [-0.3, -0.25) is 4.99 Å². The Morgan fingerprint density at radius 3 is 2.32 bits per heavy atom. The van der Waals surface area contributed by atoms with E-state index in [1.165, 1.54) is 19.4 Å². The number of nitrogens with zero attached hydrogens (tertiary/aromatic N) is 3. The van der Waals surface area contributed by atoms with Gasteiger partial charge in [0.1, 0.15) is 5.82 Å². The topological polar surface area (TPSA) is 74.5 Å². The first-order valence-corrected chi connectivity index (χ1v) is 7.74. The predicted octanol–water partition coefficient (Wildman–Crippen LogP) is 2.53. The molecule has 0 radical (unpaired) electrons. The minimum Gasteiger partial charge on any atom is -0.374 e. The highest BCUT2D eigenvalue weighted by Crippen LogP contribution is 2.40. The van der Waals surface area contributed by atoms with Gasteiger partial charge in [0, 0.05) is 44.5 Å². The average Bonchev–Trinajstić information content (AvgIpc) is 2.82. The van der Waals surface area contributed by atoms with Crippen LogP contribution in [0.5, 0.6) is 0 Å². The highest BCUT2D eigenvalue weighted by Gasteiger charge is 2.57. The van der Waals surface area contributed by atoms with Crippen molar-refractivity contribution in [3.8, 4) is 0 Å². The summed E-state index contributed by atoms with van der Waals surface area (Å²) in [6.07, 6.45) is -2.89. The third-order valence-corrected chi connectivity index (χ3v) is 3.24. The smallest absolute Gasteiger partial charge is 0.374 e. The fourth-order valence-corrected chi connectivity index (χ4v) is 2.14. The summed E-state index contributed by atoms with van der Waals surface area (Å²) in [4.78, 5) is 7.80. The zero-order valence-electron chi connectivity index (χ0n) is 15.1. The number of hydrogen-bond acceptors (Lipinski definition) is 3. The van der Waals surface area contributed by atoms with Gasteiger partial charge in [0.2, 0.25) is 5.60 Å². The number of aliphatic imine (C=N–C) groups is 1. The molecule has 1 unspecified atom stereocenters. The largest absolute Gasteiger partial charge is 0.424 e. The van der Waals surface area contributed by atoms with E-state index >= 15 is 0 Å². The second-order valence-electron chi connectivity index (χ2n) is 6.61.